The first-order valence-corrected chi connectivity index (χ1v) is 4.01. The summed E-state index contributed by atoms with van der Waals surface area (Å²) in [6.07, 6.45) is 4.82. The summed E-state index contributed by atoms with van der Waals surface area (Å²) in [4.78, 5) is 3.79. The van der Waals surface area contributed by atoms with Crippen LogP contribution in [0.25, 0.3) is 5.69 Å². The van der Waals surface area contributed by atoms with Crippen molar-refractivity contribution in [2.24, 2.45) is 0 Å². The highest BCUT2D eigenvalue weighted by Crippen LogP contribution is 2.15. The fourth-order valence-corrected chi connectivity index (χ4v) is 1.11. The molecule has 0 bridgehead atoms. The van der Waals surface area contributed by atoms with Gasteiger partial charge in [0.15, 0.2) is 5.82 Å². The lowest BCUT2D eigenvalue weighted by Gasteiger charge is -2.03. The highest BCUT2D eigenvalue weighted by Gasteiger charge is 2.05. The van der Waals surface area contributed by atoms with Gasteiger partial charge in [0.1, 0.15) is 0 Å². The van der Waals surface area contributed by atoms with Crippen LogP contribution in [-0.4, -0.2) is 21.9 Å². The van der Waals surface area contributed by atoms with Gasteiger partial charge in [-0.05, 0) is 6.07 Å². The minimum Gasteiger partial charge on any atom is -0.479 e. The fraction of sp³-hybridized carbons (Fsp3) is 0.111. The molecule has 0 amide bonds. The summed E-state index contributed by atoms with van der Waals surface area (Å²) in [5.74, 6) is -0.513. The maximum absolute atomic E-state index is 13.2. The monoisotopic (exact) mass is 193 g/mol. The van der Waals surface area contributed by atoms with Crippen LogP contribution in [0.15, 0.2) is 30.7 Å². The lowest BCUT2D eigenvalue weighted by atomic mass is 10.4. The van der Waals surface area contributed by atoms with E-state index < -0.39 is 5.82 Å². The molecular formula is C9H8FN3O. The number of nitrogens with zero attached hydrogens (tertiary/aromatic N) is 3. The van der Waals surface area contributed by atoms with E-state index in [2.05, 4.69) is 10.1 Å². The maximum Gasteiger partial charge on any atom is 0.250 e. The Labute approximate surface area is 80.0 Å². The van der Waals surface area contributed by atoms with Gasteiger partial charge in [0.05, 0.1) is 19.0 Å². The van der Waals surface area contributed by atoms with E-state index in [9.17, 15) is 4.39 Å². The minimum absolute atomic E-state index is 0.0130. The van der Waals surface area contributed by atoms with Crippen molar-refractivity contribution in [1.29, 1.82) is 0 Å². The van der Waals surface area contributed by atoms with Gasteiger partial charge in [-0.15, -0.1) is 0 Å². The molecular weight excluding hydrogens is 185 g/mol. The zero-order valence-electron chi connectivity index (χ0n) is 7.51. The molecule has 2 aromatic heterocycles. The molecule has 2 rings (SSSR count). The van der Waals surface area contributed by atoms with Crippen LogP contribution in [-0.2, 0) is 0 Å². The Morgan fingerprint density at radius 3 is 2.93 bits per heavy atom. The first kappa shape index (κ1) is 8.68. The van der Waals surface area contributed by atoms with Gasteiger partial charge in [-0.2, -0.15) is 5.10 Å². The van der Waals surface area contributed by atoms with Crippen LogP contribution < -0.4 is 4.74 Å². The molecule has 0 fully saturated rings. The zero-order chi connectivity index (χ0) is 9.97. The zero-order valence-corrected chi connectivity index (χ0v) is 7.51. The first-order valence-electron chi connectivity index (χ1n) is 4.01. The highest BCUT2D eigenvalue weighted by molar-refractivity contribution is 5.31. The molecule has 0 radical (unpaired) electrons. The number of ether oxygens (including phenoxy) is 1. The van der Waals surface area contributed by atoms with Gasteiger partial charge in [-0.1, -0.05) is 0 Å². The molecule has 0 saturated heterocycles. The maximum atomic E-state index is 13.2. The summed E-state index contributed by atoms with van der Waals surface area (Å²) in [7, 11) is 1.37. The van der Waals surface area contributed by atoms with Crippen LogP contribution in [0.4, 0.5) is 4.39 Å². The largest absolute Gasteiger partial charge is 0.479 e. The summed E-state index contributed by atoms with van der Waals surface area (Å²) in [5.41, 5.74) is 0.563. The molecule has 2 heterocycles. The molecule has 0 N–H and O–H groups in total. The third kappa shape index (κ3) is 1.44. The van der Waals surface area contributed by atoms with Crippen molar-refractivity contribution < 1.29 is 9.13 Å². The third-order valence-corrected chi connectivity index (χ3v) is 1.76. The van der Waals surface area contributed by atoms with Crippen molar-refractivity contribution in [3.05, 3.63) is 36.5 Å². The molecule has 14 heavy (non-hydrogen) atoms. The Kier molecular flexibility index (Phi) is 2.14. The number of hydrogen-bond acceptors (Lipinski definition) is 3. The molecule has 5 heteroatoms. The Morgan fingerprint density at radius 1 is 1.50 bits per heavy atom. The van der Waals surface area contributed by atoms with Gasteiger partial charge in [0.25, 0.3) is 0 Å². The van der Waals surface area contributed by atoms with Gasteiger partial charge < -0.3 is 4.74 Å². The van der Waals surface area contributed by atoms with Gasteiger partial charge >= 0.3 is 0 Å². The Balaban J connectivity index is 2.43. The second-order valence-corrected chi connectivity index (χ2v) is 2.64. The van der Waals surface area contributed by atoms with Gasteiger partial charge in [0, 0.05) is 18.5 Å². The second-order valence-electron chi connectivity index (χ2n) is 2.64. The van der Waals surface area contributed by atoms with Crippen molar-refractivity contribution in [2.75, 3.05) is 7.11 Å². The lowest BCUT2D eigenvalue weighted by Crippen LogP contribution is -1.98. The van der Waals surface area contributed by atoms with Crippen LogP contribution >= 0.6 is 0 Å². The summed E-state index contributed by atoms with van der Waals surface area (Å²) >= 11 is 0. The Morgan fingerprint density at radius 2 is 2.36 bits per heavy atom. The molecule has 0 atom stereocenters. The molecule has 0 unspecified atom stereocenters. The predicted molar refractivity (Wildman–Crippen MR) is 47.9 cm³/mol. The lowest BCUT2D eigenvalue weighted by molar-refractivity contribution is 0.369. The predicted octanol–water partition coefficient (Wildman–Crippen LogP) is 1.41. The number of hydrogen-bond donors (Lipinski definition) is 0. The number of halogens is 1. The van der Waals surface area contributed by atoms with E-state index >= 15 is 0 Å². The van der Waals surface area contributed by atoms with E-state index in [0.717, 1.165) is 0 Å². The quantitative estimate of drug-likeness (QED) is 0.724. The summed E-state index contributed by atoms with van der Waals surface area (Å²) in [6, 6.07) is 3.07. The van der Waals surface area contributed by atoms with Crippen molar-refractivity contribution >= 4 is 0 Å². The smallest absolute Gasteiger partial charge is 0.250 e. The normalized spacial score (nSPS) is 10.1. The van der Waals surface area contributed by atoms with Gasteiger partial charge in [0.2, 0.25) is 5.88 Å². The Hall–Kier alpha value is -1.91. The van der Waals surface area contributed by atoms with E-state index in [1.54, 1.807) is 18.5 Å². The topological polar surface area (TPSA) is 39.9 Å². The van der Waals surface area contributed by atoms with Crippen LogP contribution in [0.5, 0.6) is 5.88 Å². The molecule has 0 aliphatic rings. The van der Waals surface area contributed by atoms with Crippen molar-refractivity contribution in [3.63, 3.8) is 0 Å². The number of aromatic nitrogens is 3. The van der Waals surface area contributed by atoms with Crippen LogP contribution in [0, 0.1) is 5.82 Å². The average molecular weight is 193 g/mol. The number of methoxy groups -OCH3 is 1. The highest BCUT2D eigenvalue weighted by atomic mass is 19.1. The number of rotatable bonds is 2. The van der Waals surface area contributed by atoms with Crippen molar-refractivity contribution in [1.82, 2.24) is 14.8 Å². The van der Waals surface area contributed by atoms with E-state index in [1.165, 1.54) is 24.1 Å². The number of pyridine rings is 1. The van der Waals surface area contributed by atoms with Crippen LogP contribution in [0.3, 0.4) is 0 Å². The molecule has 0 aliphatic carbocycles. The molecule has 4 nitrogen and oxygen atoms in total. The third-order valence-electron chi connectivity index (χ3n) is 1.76. The summed E-state index contributed by atoms with van der Waals surface area (Å²) < 4.78 is 19.4. The van der Waals surface area contributed by atoms with E-state index in [-0.39, 0.29) is 5.88 Å². The van der Waals surface area contributed by atoms with Gasteiger partial charge in [-0.25, -0.2) is 14.1 Å². The van der Waals surface area contributed by atoms with E-state index in [4.69, 9.17) is 4.74 Å². The molecule has 0 saturated carbocycles. The molecule has 0 spiro atoms. The molecule has 0 aromatic carbocycles. The Bertz CT molecular complexity index is 428. The minimum atomic E-state index is -0.500. The van der Waals surface area contributed by atoms with Gasteiger partial charge in [-0.3, -0.25) is 0 Å². The average Bonchev–Trinajstić information content (AvgIpc) is 2.70. The molecule has 2 aromatic rings. The second kappa shape index (κ2) is 3.45. The molecule has 72 valence electrons. The van der Waals surface area contributed by atoms with Crippen LogP contribution in [0.1, 0.15) is 0 Å². The molecule has 0 aliphatic heterocycles. The van der Waals surface area contributed by atoms with Crippen LogP contribution in [0.2, 0.25) is 0 Å². The summed E-state index contributed by atoms with van der Waals surface area (Å²) in [6.45, 7) is 0. The van der Waals surface area contributed by atoms with Crippen molar-refractivity contribution in [2.45, 2.75) is 0 Å². The van der Waals surface area contributed by atoms with E-state index in [1.807, 2.05) is 0 Å². The fourth-order valence-electron chi connectivity index (χ4n) is 1.11. The van der Waals surface area contributed by atoms with Crippen molar-refractivity contribution in [3.8, 4) is 11.6 Å². The standard InChI is InChI=1S/C9H8FN3O/c1-14-9-8(10)5-7(6-11-9)13-4-2-3-12-13/h2-6H,1H3. The first-order chi connectivity index (χ1) is 6.81. The summed E-state index contributed by atoms with van der Waals surface area (Å²) in [5, 5.41) is 3.95. The van der Waals surface area contributed by atoms with E-state index in [0.29, 0.717) is 5.69 Å². The SMILES string of the molecule is COc1ncc(-n2cccn2)cc1F.